The molecule has 2 aromatic rings. The highest BCUT2D eigenvalue weighted by Crippen LogP contribution is 2.11. The van der Waals surface area contributed by atoms with Gasteiger partial charge in [0.05, 0.1) is 18.4 Å². The van der Waals surface area contributed by atoms with Crippen molar-refractivity contribution in [3.05, 3.63) is 71.8 Å². The summed E-state index contributed by atoms with van der Waals surface area (Å²) >= 11 is 0. The molecule has 0 aliphatic carbocycles. The van der Waals surface area contributed by atoms with Crippen molar-refractivity contribution in [1.29, 1.82) is 0 Å². The van der Waals surface area contributed by atoms with Crippen molar-refractivity contribution in [3.8, 4) is 0 Å². The van der Waals surface area contributed by atoms with Gasteiger partial charge in [0, 0.05) is 11.1 Å². The van der Waals surface area contributed by atoms with Crippen LogP contribution in [0.25, 0.3) is 0 Å². The van der Waals surface area contributed by atoms with E-state index in [2.05, 4.69) is 4.99 Å². The Morgan fingerprint density at radius 1 is 0.944 bits per heavy atom. The summed E-state index contributed by atoms with van der Waals surface area (Å²) in [5.74, 6) is 0. The maximum Gasteiger partial charge on any atom is 0.0720 e. The molecule has 1 unspecified atom stereocenters. The molecule has 2 aromatic carbocycles. The minimum atomic E-state index is -0.424. The molecule has 0 spiro atoms. The molecule has 0 saturated carbocycles. The van der Waals surface area contributed by atoms with Gasteiger partial charge in [-0.1, -0.05) is 60.7 Å². The summed E-state index contributed by atoms with van der Waals surface area (Å²) in [6.07, 6.45) is -0.424. The molecular formula is C16H17NO. The molecule has 1 N–H and O–H groups in total. The SMILES string of the molecule is CC(O)CN=C(c1ccccc1)c1ccccc1. The summed E-state index contributed by atoms with van der Waals surface area (Å²) in [7, 11) is 0. The first kappa shape index (κ1) is 12.5. The number of aliphatic hydroxyl groups is 1. The zero-order valence-corrected chi connectivity index (χ0v) is 10.5. The molecule has 0 radical (unpaired) electrons. The van der Waals surface area contributed by atoms with Crippen molar-refractivity contribution < 1.29 is 5.11 Å². The predicted molar refractivity (Wildman–Crippen MR) is 75.1 cm³/mol. The van der Waals surface area contributed by atoms with Crippen LogP contribution in [0.3, 0.4) is 0 Å². The second-order valence-electron chi connectivity index (χ2n) is 4.27. The van der Waals surface area contributed by atoms with Crippen LogP contribution in [0.2, 0.25) is 0 Å². The van der Waals surface area contributed by atoms with Crippen LogP contribution in [0.5, 0.6) is 0 Å². The van der Waals surface area contributed by atoms with Crippen LogP contribution in [0.1, 0.15) is 18.1 Å². The number of aliphatic imine (C=N–C) groups is 1. The van der Waals surface area contributed by atoms with Crippen LogP contribution in [-0.2, 0) is 0 Å². The van der Waals surface area contributed by atoms with E-state index in [9.17, 15) is 5.11 Å². The van der Waals surface area contributed by atoms with E-state index >= 15 is 0 Å². The zero-order valence-electron chi connectivity index (χ0n) is 10.5. The maximum absolute atomic E-state index is 9.39. The fourth-order valence-corrected chi connectivity index (χ4v) is 1.76. The summed E-state index contributed by atoms with van der Waals surface area (Å²) in [5.41, 5.74) is 3.07. The van der Waals surface area contributed by atoms with Gasteiger partial charge in [-0.3, -0.25) is 4.99 Å². The normalized spacial score (nSPS) is 11.9. The first-order chi connectivity index (χ1) is 8.77. The van der Waals surface area contributed by atoms with Gasteiger partial charge in [0.2, 0.25) is 0 Å². The number of aliphatic hydroxyl groups excluding tert-OH is 1. The van der Waals surface area contributed by atoms with Gasteiger partial charge in [-0.25, -0.2) is 0 Å². The molecule has 0 fully saturated rings. The molecule has 0 heterocycles. The van der Waals surface area contributed by atoms with Crippen molar-refractivity contribution in [2.24, 2.45) is 4.99 Å². The summed E-state index contributed by atoms with van der Waals surface area (Å²) in [6, 6.07) is 20.1. The average Bonchev–Trinajstić information content (AvgIpc) is 2.41. The van der Waals surface area contributed by atoms with Gasteiger partial charge in [0.15, 0.2) is 0 Å². The van der Waals surface area contributed by atoms with Crippen LogP contribution >= 0.6 is 0 Å². The Morgan fingerprint density at radius 2 is 1.39 bits per heavy atom. The number of benzene rings is 2. The first-order valence-electron chi connectivity index (χ1n) is 6.10. The third-order valence-corrected chi connectivity index (χ3v) is 2.61. The standard InChI is InChI=1S/C16H17NO/c1-13(18)12-17-16(14-8-4-2-5-9-14)15-10-6-3-7-11-15/h2-11,13,18H,12H2,1H3. The Bertz CT molecular complexity index is 462. The largest absolute Gasteiger partial charge is 0.391 e. The molecule has 0 saturated heterocycles. The van der Waals surface area contributed by atoms with Gasteiger partial charge < -0.3 is 5.11 Å². The molecule has 92 valence electrons. The number of hydrogen-bond acceptors (Lipinski definition) is 2. The Hall–Kier alpha value is -1.93. The van der Waals surface area contributed by atoms with E-state index in [1.165, 1.54) is 0 Å². The minimum Gasteiger partial charge on any atom is -0.391 e. The monoisotopic (exact) mass is 239 g/mol. The van der Waals surface area contributed by atoms with E-state index in [1.807, 2.05) is 60.7 Å². The predicted octanol–water partition coefficient (Wildman–Crippen LogP) is 2.90. The van der Waals surface area contributed by atoms with Crippen molar-refractivity contribution in [2.45, 2.75) is 13.0 Å². The molecule has 2 heteroatoms. The minimum absolute atomic E-state index is 0.416. The molecular weight excluding hydrogens is 222 g/mol. The average molecular weight is 239 g/mol. The fourth-order valence-electron chi connectivity index (χ4n) is 1.76. The highest BCUT2D eigenvalue weighted by atomic mass is 16.3. The topological polar surface area (TPSA) is 32.6 Å². The molecule has 1 atom stereocenters. The van der Waals surface area contributed by atoms with E-state index in [0.29, 0.717) is 6.54 Å². The van der Waals surface area contributed by atoms with Crippen molar-refractivity contribution in [2.75, 3.05) is 6.54 Å². The van der Waals surface area contributed by atoms with Gasteiger partial charge >= 0.3 is 0 Å². The molecule has 2 nitrogen and oxygen atoms in total. The van der Waals surface area contributed by atoms with Crippen molar-refractivity contribution >= 4 is 5.71 Å². The van der Waals surface area contributed by atoms with Crippen LogP contribution in [0.4, 0.5) is 0 Å². The van der Waals surface area contributed by atoms with Gasteiger partial charge in [-0.2, -0.15) is 0 Å². The second-order valence-corrected chi connectivity index (χ2v) is 4.27. The van der Waals surface area contributed by atoms with Crippen LogP contribution < -0.4 is 0 Å². The Morgan fingerprint density at radius 3 is 1.78 bits per heavy atom. The lowest BCUT2D eigenvalue weighted by atomic mass is 10.0. The Labute approximate surface area is 108 Å². The fraction of sp³-hybridized carbons (Fsp3) is 0.188. The van der Waals surface area contributed by atoms with Gasteiger partial charge in [0.25, 0.3) is 0 Å². The van der Waals surface area contributed by atoms with Crippen LogP contribution in [0.15, 0.2) is 65.7 Å². The van der Waals surface area contributed by atoms with E-state index < -0.39 is 6.10 Å². The number of rotatable bonds is 4. The van der Waals surface area contributed by atoms with Crippen LogP contribution in [-0.4, -0.2) is 23.5 Å². The molecule has 18 heavy (non-hydrogen) atoms. The van der Waals surface area contributed by atoms with Crippen molar-refractivity contribution in [3.63, 3.8) is 0 Å². The Kier molecular flexibility index (Phi) is 4.26. The van der Waals surface area contributed by atoms with E-state index in [-0.39, 0.29) is 0 Å². The quantitative estimate of drug-likeness (QED) is 0.817. The smallest absolute Gasteiger partial charge is 0.0720 e. The summed E-state index contributed by atoms with van der Waals surface area (Å²) in [6.45, 7) is 2.16. The molecule has 0 aromatic heterocycles. The van der Waals surface area contributed by atoms with Gasteiger partial charge in [-0.05, 0) is 6.92 Å². The van der Waals surface area contributed by atoms with Crippen LogP contribution in [0, 0.1) is 0 Å². The number of nitrogens with zero attached hydrogens (tertiary/aromatic N) is 1. The molecule has 0 aliphatic heterocycles. The third-order valence-electron chi connectivity index (χ3n) is 2.61. The highest BCUT2D eigenvalue weighted by molar-refractivity contribution is 6.12. The lowest BCUT2D eigenvalue weighted by Gasteiger charge is -2.08. The molecule has 0 amide bonds. The highest BCUT2D eigenvalue weighted by Gasteiger charge is 2.06. The first-order valence-corrected chi connectivity index (χ1v) is 6.10. The van der Waals surface area contributed by atoms with Crippen molar-refractivity contribution in [1.82, 2.24) is 0 Å². The molecule has 2 rings (SSSR count). The van der Waals surface area contributed by atoms with E-state index in [1.54, 1.807) is 6.92 Å². The summed E-state index contributed by atoms with van der Waals surface area (Å²) < 4.78 is 0. The lowest BCUT2D eigenvalue weighted by molar-refractivity contribution is 0.204. The summed E-state index contributed by atoms with van der Waals surface area (Å²) in [5, 5.41) is 9.39. The van der Waals surface area contributed by atoms with E-state index in [4.69, 9.17) is 0 Å². The zero-order chi connectivity index (χ0) is 12.8. The van der Waals surface area contributed by atoms with Gasteiger partial charge in [-0.15, -0.1) is 0 Å². The molecule has 0 bridgehead atoms. The summed E-state index contributed by atoms with van der Waals surface area (Å²) in [4.78, 5) is 4.53. The maximum atomic E-state index is 9.39. The molecule has 0 aliphatic rings. The Balaban J connectivity index is 2.39. The third kappa shape index (κ3) is 3.28. The van der Waals surface area contributed by atoms with E-state index in [0.717, 1.165) is 16.8 Å². The van der Waals surface area contributed by atoms with Gasteiger partial charge in [0.1, 0.15) is 0 Å². The second kappa shape index (κ2) is 6.12. The number of hydrogen-bond donors (Lipinski definition) is 1. The lowest BCUT2D eigenvalue weighted by Crippen LogP contribution is -2.10.